The number of piperazine rings is 1. The van der Waals surface area contributed by atoms with E-state index in [9.17, 15) is 4.39 Å². The summed E-state index contributed by atoms with van der Waals surface area (Å²) >= 11 is 0. The third kappa shape index (κ3) is 6.77. The Bertz CT molecular complexity index is 902. The smallest absolute Gasteiger partial charge is 0.194 e. The minimum absolute atomic E-state index is 0. The molecule has 9 heteroatoms. The van der Waals surface area contributed by atoms with E-state index in [1.807, 2.05) is 6.20 Å². The zero-order chi connectivity index (χ0) is 22.5. The summed E-state index contributed by atoms with van der Waals surface area (Å²) < 4.78 is 19.4. The molecule has 0 aliphatic carbocycles. The second-order valence-electron chi connectivity index (χ2n) is 8.61. The second-order valence-corrected chi connectivity index (χ2v) is 8.61. The predicted molar refractivity (Wildman–Crippen MR) is 141 cm³/mol. The summed E-state index contributed by atoms with van der Waals surface area (Å²) in [5.74, 6) is 1.63. The van der Waals surface area contributed by atoms with Crippen LogP contribution < -0.4 is 10.2 Å². The summed E-state index contributed by atoms with van der Waals surface area (Å²) in [7, 11) is 3.95. The van der Waals surface area contributed by atoms with Crippen LogP contribution in [0.1, 0.15) is 24.2 Å². The molecule has 180 valence electrons. The van der Waals surface area contributed by atoms with E-state index in [0.717, 1.165) is 55.6 Å². The fourth-order valence-corrected chi connectivity index (χ4v) is 4.24. The largest absolute Gasteiger partial charge is 0.367 e. The zero-order valence-corrected chi connectivity index (χ0v) is 21.9. The maximum absolute atomic E-state index is 13.3. The molecule has 1 aromatic carbocycles. The Kier molecular flexibility index (Phi) is 9.27. The highest BCUT2D eigenvalue weighted by molar-refractivity contribution is 14.0. The maximum Gasteiger partial charge on any atom is 0.194 e. The van der Waals surface area contributed by atoms with Crippen molar-refractivity contribution in [2.75, 3.05) is 58.3 Å². The molecule has 2 unspecified atom stereocenters. The Hall–Kier alpha value is -1.98. The fourth-order valence-electron chi connectivity index (χ4n) is 4.24. The average Bonchev–Trinajstić information content (AvgIpc) is 2.81. The number of morpholine rings is 1. The van der Waals surface area contributed by atoms with E-state index in [0.29, 0.717) is 13.1 Å². The van der Waals surface area contributed by atoms with Crippen LogP contribution in [-0.4, -0.2) is 80.2 Å². The predicted octanol–water partition coefficient (Wildman–Crippen LogP) is 3.13. The van der Waals surface area contributed by atoms with Crippen molar-refractivity contribution < 1.29 is 9.13 Å². The second kappa shape index (κ2) is 11.9. The Morgan fingerprint density at radius 1 is 1.12 bits per heavy atom. The zero-order valence-electron chi connectivity index (χ0n) is 19.6. The number of likely N-dealkylation sites (N-methyl/N-ethyl adjacent to an activating group) is 1. The summed E-state index contributed by atoms with van der Waals surface area (Å²) in [5, 5.41) is 3.46. The van der Waals surface area contributed by atoms with Crippen molar-refractivity contribution in [1.82, 2.24) is 20.1 Å². The fraction of sp³-hybridized carbons (Fsp3) is 0.500. The number of aromatic nitrogens is 1. The van der Waals surface area contributed by atoms with Crippen molar-refractivity contribution in [2.45, 2.75) is 25.7 Å². The lowest BCUT2D eigenvalue weighted by atomic mass is 10.1. The van der Waals surface area contributed by atoms with Crippen molar-refractivity contribution in [1.29, 1.82) is 0 Å². The molecule has 0 amide bonds. The van der Waals surface area contributed by atoms with Crippen molar-refractivity contribution in [3.63, 3.8) is 0 Å². The summed E-state index contributed by atoms with van der Waals surface area (Å²) in [4.78, 5) is 16.0. The Morgan fingerprint density at radius 3 is 2.48 bits per heavy atom. The highest BCUT2D eigenvalue weighted by atomic mass is 127. The summed E-state index contributed by atoms with van der Waals surface area (Å²) in [5.41, 5.74) is 2.09. The summed E-state index contributed by atoms with van der Waals surface area (Å²) in [6.07, 6.45) is 1.86. The van der Waals surface area contributed by atoms with Crippen molar-refractivity contribution >= 4 is 35.8 Å². The van der Waals surface area contributed by atoms with Crippen molar-refractivity contribution in [3.8, 4) is 0 Å². The normalized spacial score (nSPS) is 22.1. The van der Waals surface area contributed by atoms with Gasteiger partial charge >= 0.3 is 0 Å². The van der Waals surface area contributed by atoms with Gasteiger partial charge in [0, 0.05) is 52.5 Å². The van der Waals surface area contributed by atoms with Crippen LogP contribution in [0.25, 0.3) is 0 Å². The number of hydrogen-bond donors (Lipinski definition) is 1. The van der Waals surface area contributed by atoms with Gasteiger partial charge in [0.05, 0.1) is 12.6 Å². The number of hydrogen-bond acceptors (Lipinski definition) is 5. The molecule has 3 heterocycles. The molecule has 7 nitrogen and oxygen atoms in total. The van der Waals surface area contributed by atoms with E-state index >= 15 is 0 Å². The van der Waals surface area contributed by atoms with E-state index in [-0.39, 0.29) is 42.0 Å². The number of halogens is 2. The lowest BCUT2D eigenvalue weighted by molar-refractivity contribution is -0.0605. The molecule has 4 rings (SSSR count). The number of anilines is 1. The van der Waals surface area contributed by atoms with Crippen LogP contribution in [0, 0.1) is 5.82 Å². The molecule has 0 spiro atoms. The SMILES string of the molecule is CN=C(NCc1ccc(N2CCN(C)CC2)nc1)N1CC(C)OC(c2ccc(F)cc2)C1.I. The number of pyridine rings is 1. The maximum atomic E-state index is 13.3. The molecule has 2 saturated heterocycles. The lowest BCUT2D eigenvalue weighted by Crippen LogP contribution is -2.50. The van der Waals surface area contributed by atoms with Crippen LogP contribution in [0.3, 0.4) is 0 Å². The Morgan fingerprint density at radius 2 is 1.85 bits per heavy atom. The first-order chi connectivity index (χ1) is 15.5. The third-order valence-corrected chi connectivity index (χ3v) is 6.10. The molecule has 2 fully saturated rings. The minimum atomic E-state index is -0.237. The molecule has 2 atom stereocenters. The van der Waals surface area contributed by atoms with Crippen molar-refractivity contribution in [3.05, 3.63) is 59.5 Å². The van der Waals surface area contributed by atoms with Gasteiger partial charge in [-0.2, -0.15) is 0 Å². The first-order valence-electron chi connectivity index (χ1n) is 11.3. The molecule has 1 N–H and O–H groups in total. The molecular weight excluding hydrogens is 534 g/mol. The molecule has 0 saturated carbocycles. The third-order valence-electron chi connectivity index (χ3n) is 6.10. The van der Waals surface area contributed by atoms with E-state index in [2.05, 4.69) is 56.1 Å². The number of ether oxygens (including phenoxy) is 1. The van der Waals surface area contributed by atoms with Gasteiger partial charge in [-0.05, 0) is 43.3 Å². The number of nitrogens with zero attached hydrogens (tertiary/aromatic N) is 5. The van der Waals surface area contributed by atoms with Gasteiger partial charge in [-0.3, -0.25) is 4.99 Å². The van der Waals surface area contributed by atoms with Gasteiger partial charge in [0.1, 0.15) is 17.7 Å². The van der Waals surface area contributed by atoms with E-state index in [4.69, 9.17) is 4.74 Å². The van der Waals surface area contributed by atoms with Gasteiger partial charge in [0.2, 0.25) is 0 Å². The Balaban J connectivity index is 0.00000306. The molecule has 2 aliphatic rings. The molecule has 0 bridgehead atoms. The van der Waals surface area contributed by atoms with Gasteiger partial charge in [-0.1, -0.05) is 18.2 Å². The summed E-state index contributed by atoms with van der Waals surface area (Å²) in [6.45, 7) is 8.27. The number of rotatable bonds is 4. The number of benzene rings is 1. The van der Waals surface area contributed by atoms with E-state index in [1.165, 1.54) is 12.1 Å². The molecule has 1 aromatic heterocycles. The molecule has 2 aromatic rings. The minimum Gasteiger partial charge on any atom is -0.367 e. The first-order valence-corrected chi connectivity index (χ1v) is 11.3. The van der Waals surface area contributed by atoms with Gasteiger partial charge in [0.25, 0.3) is 0 Å². The monoisotopic (exact) mass is 568 g/mol. The van der Waals surface area contributed by atoms with Gasteiger partial charge < -0.3 is 24.8 Å². The van der Waals surface area contributed by atoms with Crippen LogP contribution in [0.2, 0.25) is 0 Å². The van der Waals surface area contributed by atoms with E-state index < -0.39 is 0 Å². The average molecular weight is 568 g/mol. The van der Waals surface area contributed by atoms with Gasteiger partial charge in [0.15, 0.2) is 5.96 Å². The first kappa shape index (κ1) is 25.6. The molecule has 0 radical (unpaired) electrons. The Labute approximate surface area is 213 Å². The van der Waals surface area contributed by atoms with Crippen molar-refractivity contribution in [2.24, 2.45) is 4.99 Å². The van der Waals surface area contributed by atoms with Gasteiger partial charge in [-0.15, -0.1) is 24.0 Å². The molecule has 2 aliphatic heterocycles. The van der Waals surface area contributed by atoms with Gasteiger partial charge in [-0.25, -0.2) is 9.37 Å². The number of guanidine groups is 1. The number of nitrogens with one attached hydrogen (secondary N) is 1. The van der Waals surface area contributed by atoms with Crippen LogP contribution in [0.15, 0.2) is 47.6 Å². The van der Waals surface area contributed by atoms with Crippen LogP contribution in [0.5, 0.6) is 0 Å². The van der Waals surface area contributed by atoms with E-state index in [1.54, 1.807) is 19.2 Å². The quantitative estimate of drug-likeness (QED) is 0.348. The topological polar surface area (TPSA) is 56.2 Å². The highest BCUT2D eigenvalue weighted by Gasteiger charge is 2.28. The van der Waals surface area contributed by atoms with Crippen LogP contribution in [-0.2, 0) is 11.3 Å². The number of aliphatic imine (C=N–C) groups is 1. The highest BCUT2D eigenvalue weighted by Crippen LogP contribution is 2.25. The standard InChI is InChI=1S/C24H33FN6O.HI/c1-18-16-31(17-22(32-18)20-5-7-21(25)8-6-20)24(26-2)28-15-19-4-9-23(27-14-19)30-12-10-29(3)11-13-30;/h4-9,14,18,22H,10-13,15-17H2,1-3H3,(H,26,28);1H. The van der Waals surface area contributed by atoms with Crippen LogP contribution >= 0.6 is 24.0 Å². The molecule has 33 heavy (non-hydrogen) atoms. The summed E-state index contributed by atoms with van der Waals surface area (Å²) in [6, 6.07) is 10.8. The lowest BCUT2D eigenvalue weighted by Gasteiger charge is -2.38. The van der Waals surface area contributed by atoms with Crippen LogP contribution in [0.4, 0.5) is 10.2 Å². The molecular formula is C24H34FIN6O.